The van der Waals surface area contributed by atoms with Crippen LogP contribution in [-0.2, 0) is 16.1 Å². The number of ether oxygens (including phenoxy) is 3. The van der Waals surface area contributed by atoms with Crippen LogP contribution in [0.5, 0.6) is 11.5 Å². The molecule has 3 aromatic rings. The van der Waals surface area contributed by atoms with E-state index in [9.17, 15) is 38.1 Å². The van der Waals surface area contributed by atoms with Gasteiger partial charge in [-0.3, -0.25) is 24.5 Å². The number of nitrogens with one attached hydrogen (secondary N) is 1. The van der Waals surface area contributed by atoms with E-state index in [1.807, 2.05) is 6.92 Å². The van der Waals surface area contributed by atoms with E-state index in [0.29, 0.717) is 25.3 Å². The van der Waals surface area contributed by atoms with Gasteiger partial charge < -0.3 is 33.8 Å². The molecule has 49 heavy (non-hydrogen) atoms. The highest BCUT2D eigenvalue weighted by Gasteiger charge is 2.54. The molecule has 1 spiro atoms. The van der Waals surface area contributed by atoms with Crippen LogP contribution in [-0.4, -0.2) is 63.1 Å². The van der Waals surface area contributed by atoms with Crippen LogP contribution in [0.15, 0.2) is 58.6 Å². The molecule has 4 heterocycles. The zero-order valence-corrected chi connectivity index (χ0v) is 26.1. The summed E-state index contributed by atoms with van der Waals surface area (Å²) in [5, 5.41) is 17.5. The van der Waals surface area contributed by atoms with Crippen molar-refractivity contribution in [2.75, 3.05) is 13.3 Å². The number of non-ortho nitro benzene ring substituents is 1. The summed E-state index contributed by atoms with van der Waals surface area (Å²) in [4.78, 5) is 71.5. The fraction of sp³-hybridized carbons (Fsp3) is 0.344. The van der Waals surface area contributed by atoms with E-state index in [1.54, 1.807) is 11.8 Å². The number of carbonyl (C=O) groups is 3. The molecule has 3 aliphatic heterocycles. The van der Waals surface area contributed by atoms with Crippen molar-refractivity contribution in [2.45, 2.75) is 57.3 Å². The summed E-state index contributed by atoms with van der Waals surface area (Å²) in [6.45, 7) is 2.50. The molecule has 0 aliphatic carbocycles. The Bertz CT molecular complexity index is 1950. The number of benzene rings is 2. The van der Waals surface area contributed by atoms with Gasteiger partial charge >= 0.3 is 6.16 Å². The van der Waals surface area contributed by atoms with E-state index in [2.05, 4.69) is 10.5 Å². The van der Waals surface area contributed by atoms with Crippen molar-refractivity contribution < 1.29 is 47.1 Å². The molecule has 15 nitrogen and oxygen atoms in total. The van der Waals surface area contributed by atoms with Gasteiger partial charge in [-0.15, -0.1) is 0 Å². The second kappa shape index (κ2) is 13.0. The molecule has 2 amide bonds. The van der Waals surface area contributed by atoms with E-state index in [4.69, 9.17) is 19.0 Å². The fourth-order valence-electron chi connectivity index (χ4n) is 6.24. The Kier molecular flexibility index (Phi) is 8.75. The van der Waals surface area contributed by atoms with Crippen LogP contribution in [0, 0.1) is 21.7 Å². The number of amides is 2. The van der Waals surface area contributed by atoms with Gasteiger partial charge in [0.05, 0.1) is 16.7 Å². The number of aromatic nitrogens is 1. The smallest absolute Gasteiger partial charge is 0.451 e. The predicted octanol–water partition coefficient (Wildman–Crippen LogP) is 4.23. The van der Waals surface area contributed by atoms with E-state index >= 15 is 0 Å². The maximum Gasteiger partial charge on any atom is 0.516 e. The molecule has 0 saturated carbocycles. The Morgan fingerprint density at radius 2 is 1.94 bits per heavy atom. The number of pyridine rings is 1. The summed E-state index contributed by atoms with van der Waals surface area (Å²) in [6.07, 6.45) is 1.39. The lowest BCUT2D eigenvalue weighted by Gasteiger charge is -2.42. The lowest BCUT2D eigenvalue weighted by atomic mass is 9.84. The second-order valence-corrected chi connectivity index (χ2v) is 11.9. The summed E-state index contributed by atoms with van der Waals surface area (Å²) in [7, 11) is 0. The lowest BCUT2D eigenvalue weighted by Crippen LogP contribution is -2.52. The van der Waals surface area contributed by atoms with Crippen molar-refractivity contribution in [1.82, 2.24) is 14.8 Å². The van der Waals surface area contributed by atoms with Crippen LogP contribution in [0.25, 0.3) is 0 Å². The summed E-state index contributed by atoms with van der Waals surface area (Å²) in [5.74, 6) is -3.90. The molecule has 0 radical (unpaired) electrons. The third-order valence-electron chi connectivity index (χ3n) is 8.75. The number of nitro groups is 1. The first-order chi connectivity index (χ1) is 23.4. The number of hydrogen-bond acceptors (Lipinski definition) is 11. The highest BCUT2D eigenvalue weighted by Crippen LogP contribution is 2.46. The minimum Gasteiger partial charge on any atom is -0.451 e. The molecule has 6 rings (SSSR count). The third-order valence-corrected chi connectivity index (χ3v) is 8.75. The zero-order chi connectivity index (χ0) is 35.0. The number of hydrogen-bond donors (Lipinski definition) is 1. The monoisotopic (exact) mass is 681 g/mol. The first-order valence-corrected chi connectivity index (χ1v) is 15.1. The molecular formula is C32H29F2N5O10. The van der Waals surface area contributed by atoms with E-state index < -0.39 is 76.2 Å². The average molecular weight is 682 g/mol. The predicted molar refractivity (Wildman–Crippen MR) is 164 cm³/mol. The molecule has 1 saturated heterocycles. The van der Waals surface area contributed by atoms with Gasteiger partial charge in [0.25, 0.3) is 17.5 Å². The Labute approximate surface area is 276 Å². The molecule has 1 aromatic heterocycles. The SMILES string of the molecule is CC1=NO[C@@]2(CC[C@H](C)N3C[C@H]2n2cc(C(=O)NCc4ccc(F)cc4F)c(=O)c(OCOC(=O)Oc4ccc([N+](=O)[O-])cc4)c2C3=O)C1. The molecule has 17 heteroatoms. The summed E-state index contributed by atoms with van der Waals surface area (Å²) in [5.41, 5.74) is -2.19. The molecule has 3 atom stereocenters. The maximum absolute atomic E-state index is 14.3. The molecule has 1 N–H and O–H groups in total. The van der Waals surface area contributed by atoms with Gasteiger partial charge in [0, 0.05) is 55.5 Å². The normalized spacial score (nSPS) is 20.9. The maximum atomic E-state index is 14.3. The Balaban J connectivity index is 1.33. The molecule has 3 aliphatic rings. The quantitative estimate of drug-likeness (QED) is 0.119. The van der Waals surface area contributed by atoms with Gasteiger partial charge in [-0.1, -0.05) is 11.2 Å². The van der Waals surface area contributed by atoms with Crippen molar-refractivity contribution in [3.05, 3.63) is 97.5 Å². The van der Waals surface area contributed by atoms with Crippen molar-refractivity contribution in [2.24, 2.45) is 5.16 Å². The van der Waals surface area contributed by atoms with Crippen molar-refractivity contribution in [3.63, 3.8) is 0 Å². The van der Waals surface area contributed by atoms with Crippen molar-refractivity contribution >= 4 is 29.4 Å². The largest absolute Gasteiger partial charge is 0.516 e. The summed E-state index contributed by atoms with van der Waals surface area (Å²) in [6, 6.07) is 6.49. The van der Waals surface area contributed by atoms with Crippen LogP contribution >= 0.6 is 0 Å². The number of carbonyl (C=O) groups excluding carboxylic acids is 3. The number of fused-ring (bicyclic) bond motifs is 5. The molecule has 2 bridgehead atoms. The third kappa shape index (κ3) is 6.38. The Morgan fingerprint density at radius 1 is 1.18 bits per heavy atom. The summed E-state index contributed by atoms with van der Waals surface area (Å²) < 4.78 is 44.8. The van der Waals surface area contributed by atoms with Gasteiger partial charge in [0.2, 0.25) is 18.0 Å². The number of rotatable bonds is 8. The van der Waals surface area contributed by atoms with Crippen LogP contribution in [0.3, 0.4) is 0 Å². The van der Waals surface area contributed by atoms with Crippen LogP contribution < -0.4 is 20.2 Å². The zero-order valence-electron chi connectivity index (χ0n) is 26.1. The van der Waals surface area contributed by atoms with Gasteiger partial charge in [0.15, 0.2) is 11.3 Å². The van der Waals surface area contributed by atoms with Gasteiger partial charge in [0.1, 0.15) is 22.9 Å². The van der Waals surface area contributed by atoms with Crippen molar-refractivity contribution in [1.29, 1.82) is 0 Å². The Hall–Kier alpha value is -5.87. The molecule has 2 aromatic carbocycles. The van der Waals surface area contributed by atoms with Crippen LogP contribution in [0.2, 0.25) is 0 Å². The highest BCUT2D eigenvalue weighted by atomic mass is 19.1. The summed E-state index contributed by atoms with van der Waals surface area (Å²) >= 11 is 0. The number of nitro benzene ring substituents is 1. The van der Waals surface area contributed by atoms with Gasteiger partial charge in [-0.05, 0) is 44.9 Å². The molecule has 1 fully saturated rings. The van der Waals surface area contributed by atoms with E-state index in [0.717, 1.165) is 30.0 Å². The highest BCUT2D eigenvalue weighted by molar-refractivity contribution is 5.99. The minimum atomic E-state index is -1.29. The van der Waals surface area contributed by atoms with Crippen molar-refractivity contribution in [3.8, 4) is 11.5 Å². The Morgan fingerprint density at radius 3 is 2.61 bits per heavy atom. The van der Waals surface area contributed by atoms with Gasteiger partial charge in [-0.25, -0.2) is 13.6 Å². The first-order valence-electron chi connectivity index (χ1n) is 15.1. The number of oxime groups is 1. The second-order valence-electron chi connectivity index (χ2n) is 11.9. The van der Waals surface area contributed by atoms with E-state index in [-0.39, 0.29) is 35.3 Å². The van der Waals surface area contributed by atoms with Crippen LogP contribution in [0.1, 0.15) is 65.6 Å². The molecule has 0 unspecified atom stereocenters. The number of halogens is 2. The first kappa shape index (κ1) is 33.0. The molecular weight excluding hydrogens is 652 g/mol. The standard InChI is InChI=1S/C32H29F2N5O10/c1-17-12-32(49-36-17)10-9-18(2)37-15-25(32)38-14-23(29(41)35-13-19-3-4-20(33)11-24(19)34)27(40)28(26(38)30(37)42)46-16-47-31(43)48-22-7-5-21(6-8-22)39(44)45/h3-8,11,14,18,25H,9-10,12-13,15-16H2,1-2H3,(H,35,41)/t18-,25+,32-/m0/s1. The van der Waals surface area contributed by atoms with Gasteiger partial charge in [-0.2, -0.15) is 0 Å². The minimum absolute atomic E-state index is 0.0428. The van der Waals surface area contributed by atoms with Crippen LogP contribution in [0.4, 0.5) is 19.3 Å². The molecule has 256 valence electrons. The average Bonchev–Trinajstić information content (AvgIpc) is 3.39. The number of nitrogens with zero attached hydrogens (tertiary/aromatic N) is 4. The topological polar surface area (TPSA) is 181 Å². The fourth-order valence-corrected chi connectivity index (χ4v) is 6.24. The van der Waals surface area contributed by atoms with E-state index in [1.165, 1.54) is 22.9 Å². The lowest BCUT2D eigenvalue weighted by molar-refractivity contribution is -0.384.